The molecule has 0 unspecified atom stereocenters. The molecular weight excluding hydrogens is 212 g/mol. The van der Waals surface area contributed by atoms with Gasteiger partial charge in [-0.05, 0) is 32.4 Å². The van der Waals surface area contributed by atoms with Crippen LogP contribution >= 0.6 is 0 Å². The van der Waals surface area contributed by atoms with Gasteiger partial charge >= 0.3 is 0 Å². The Morgan fingerprint density at radius 2 is 1.94 bits per heavy atom. The van der Waals surface area contributed by atoms with Crippen molar-refractivity contribution in [3.05, 3.63) is 35.9 Å². The number of pyridine rings is 1. The first kappa shape index (κ1) is 11.5. The summed E-state index contributed by atoms with van der Waals surface area (Å²) in [6.45, 7) is 6.82. The van der Waals surface area contributed by atoms with Gasteiger partial charge in [-0.25, -0.2) is 9.97 Å². The Kier molecular flexibility index (Phi) is 3.32. The molecule has 0 aliphatic heterocycles. The van der Waals surface area contributed by atoms with Crippen molar-refractivity contribution in [2.24, 2.45) is 0 Å². The van der Waals surface area contributed by atoms with Gasteiger partial charge in [-0.15, -0.1) is 0 Å². The Balaban J connectivity index is 2.44. The van der Waals surface area contributed by atoms with E-state index in [4.69, 9.17) is 0 Å². The second-order valence-electron chi connectivity index (χ2n) is 3.97. The molecule has 4 heteroatoms. The molecule has 0 radical (unpaired) electrons. The van der Waals surface area contributed by atoms with Gasteiger partial charge in [-0.1, -0.05) is 0 Å². The fraction of sp³-hybridized carbons (Fsp3) is 0.308. The third-order valence-electron chi connectivity index (χ3n) is 2.37. The fourth-order valence-corrected chi connectivity index (χ4v) is 1.68. The Morgan fingerprint density at radius 1 is 1.12 bits per heavy atom. The lowest BCUT2D eigenvalue weighted by molar-refractivity contribution is 1.04. The van der Waals surface area contributed by atoms with Crippen molar-refractivity contribution in [2.45, 2.75) is 20.8 Å². The van der Waals surface area contributed by atoms with Crippen molar-refractivity contribution in [1.82, 2.24) is 15.0 Å². The minimum absolute atomic E-state index is 0.764. The molecule has 0 amide bonds. The molecule has 1 N–H and O–H groups in total. The van der Waals surface area contributed by atoms with Gasteiger partial charge in [-0.2, -0.15) is 0 Å². The molecule has 0 aromatic carbocycles. The van der Waals surface area contributed by atoms with Gasteiger partial charge in [0.1, 0.15) is 11.6 Å². The Bertz CT molecular complexity index is 523. The lowest BCUT2D eigenvalue weighted by Crippen LogP contribution is -2.02. The minimum atomic E-state index is 0.764. The van der Waals surface area contributed by atoms with Crippen LogP contribution in [0, 0.1) is 13.8 Å². The molecule has 2 heterocycles. The molecule has 0 aliphatic carbocycles. The molecule has 0 bridgehead atoms. The van der Waals surface area contributed by atoms with E-state index in [1.807, 2.05) is 39.2 Å². The summed E-state index contributed by atoms with van der Waals surface area (Å²) in [6.07, 6.45) is 3.66. The predicted molar refractivity (Wildman–Crippen MR) is 68.9 cm³/mol. The van der Waals surface area contributed by atoms with Gasteiger partial charge in [-0.3, -0.25) is 4.98 Å². The van der Waals surface area contributed by atoms with E-state index in [0.717, 1.165) is 35.0 Å². The van der Waals surface area contributed by atoms with Crippen LogP contribution in [0.1, 0.15) is 18.3 Å². The third kappa shape index (κ3) is 2.78. The van der Waals surface area contributed by atoms with E-state index in [-0.39, 0.29) is 0 Å². The number of hydrogen-bond acceptors (Lipinski definition) is 4. The van der Waals surface area contributed by atoms with Gasteiger partial charge in [0.2, 0.25) is 0 Å². The highest BCUT2D eigenvalue weighted by Crippen LogP contribution is 2.19. The van der Waals surface area contributed by atoms with Crippen LogP contribution in [0.15, 0.2) is 24.5 Å². The van der Waals surface area contributed by atoms with Gasteiger partial charge < -0.3 is 5.32 Å². The Morgan fingerprint density at radius 3 is 2.65 bits per heavy atom. The summed E-state index contributed by atoms with van der Waals surface area (Å²) in [4.78, 5) is 13.0. The number of nitrogens with one attached hydrogen (secondary N) is 1. The second-order valence-corrected chi connectivity index (χ2v) is 3.97. The summed E-state index contributed by atoms with van der Waals surface area (Å²) in [5, 5.41) is 3.20. The highest BCUT2D eigenvalue weighted by atomic mass is 15.0. The zero-order valence-electron chi connectivity index (χ0n) is 10.4. The molecule has 0 saturated carbocycles. The first-order valence-corrected chi connectivity index (χ1v) is 5.70. The number of nitrogens with zero attached hydrogens (tertiary/aromatic N) is 3. The third-order valence-corrected chi connectivity index (χ3v) is 2.37. The van der Waals surface area contributed by atoms with Crippen LogP contribution < -0.4 is 5.32 Å². The summed E-state index contributed by atoms with van der Waals surface area (Å²) < 4.78 is 0. The quantitative estimate of drug-likeness (QED) is 0.877. The van der Waals surface area contributed by atoms with E-state index in [9.17, 15) is 0 Å². The fourth-order valence-electron chi connectivity index (χ4n) is 1.68. The van der Waals surface area contributed by atoms with Crippen LogP contribution in [0.5, 0.6) is 0 Å². The first-order chi connectivity index (χ1) is 8.19. The van der Waals surface area contributed by atoms with Crippen molar-refractivity contribution in [3.63, 3.8) is 0 Å². The molecule has 0 atom stereocenters. The van der Waals surface area contributed by atoms with Gasteiger partial charge in [0.15, 0.2) is 0 Å². The van der Waals surface area contributed by atoms with E-state index in [1.54, 1.807) is 0 Å². The van der Waals surface area contributed by atoms with E-state index in [0.29, 0.717) is 0 Å². The van der Waals surface area contributed by atoms with Crippen LogP contribution in [-0.4, -0.2) is 21.5 Å². The maximum atomic E-state index is 4.44. The SMILES string of the molecule is CCNc1cc(-c2cncc(C)c2)nc(C)n1. The molecule has 0 aliphatic rings. The molecule has 2 aromatic heterocycles. The van der Waals surface area contributed by atoms with Gasteiger partial charge in [0.05, 0.1) is 5.69 Å². The van der Waals surface area contributed by atoms with E-state index >= 15 is 0 Å². The summed E-state index contributed by atoms with van der Waals surface area (Å²) in [6, 6.07) is 4.03. The molecule has 2 aromatic rings. The van der Waals surface area contributed by atoms with Crippen LogP contribution in [0.2, 0.25) is 0 Å². The average Bonchev–Trinajstić information content (AvgIpc) is 2.28. The topological polar surface area (TPSA) is 50.7 Å². The highest BCUT2D eigenvalue weighted by Gasteiger charge is 2.04. The molecule has 4 nitrogen and oxygen atoms in total. The average molecular weight is 228 g/mol. The largest absolute Gasteiger partial charge is 0.370 e. The zero-order chi connectivity index (χ0) is 12.3. The van der Waals surface area contributed by atoms with E-state index < -0.39 is 0 Å². The van der Waals surface area contributed by atoms with Crippen LogP contribution in [0.3, 0.4) is 0 Å². The van der Waals surface area contributed by atoms with Crippen molar-refractivity contribution in [1.29, 1.82) is 0 Å². The molecule has 0 fully saturated rings. The summed E-state index contributed by atoms with van der Waals surface area (Å²) in [5.74, 6) is 1.62. The van der Waals surface area contributed by atoms with Crippen molar-refractivity contribution < 1.29 is 0 Å². The number of anilines is 1. The molecule has 88 valence electrons. The second kappa shape index (κ2) is 4.91. The van der Waals surface area contributed by atoms with Crippen LogP contribution in [0.4, 0.5) is 5.82 Å². The maximum absolute atomic E-state index is 4.44. The standard InChI is InChI=1S/C13H16N4/c1-4-15-13-6-12(16-10(3)17-13)11-5-9(2)7-14-8-11/h5-8H,4H2,1-3H3,(H,15,16,17). The molecule has 0 spiro atoms. The molecule has 2 rings (SSSR count). The number of aromatic nitrogens is 3. The van der Waals surface area contributed by atoms with Gasteiger partial charge in [0, 0.05) is 30.6 Å². The Labute approximate surface area is 101 Å². The lowest BCUT2D eigenvalue weighted by atomic mass is 10.1. The predicted octanol–water partition coefficient (Wildman–Crippen LogP) is 2.59. The van der Waals surface area contributed by atoms with Crippen molar-refractivity contribution in [3.8, 4) is 11.3 Å². The normalized spacial score (nSPS) is 10.3. The smallest absolute Gasteiger partial charge is 0.130 e. The van der Waals surface area contributed by atoms with Gasteiger partial charge in [0.25, 0.3) is 0 Å². The highest BCUT2D eigenvalue weighted by molar-refractivity contribution is 5.62. The number of aryl methyl sites for hydroxylation is 2. The van der Waals surface area contributed by atoms with Crippen molar-refractivity contribution in [2.75, 3.05) is 11.9 Å². The zero-order valence-corrected chi connectivity index (χ0v) is 10.4. The van der Waals surface area contributed by atoms with E-state index in [1.165, 1.54) is 0 Å². The van der Waals surface area contributed by atoms with Crippen LogP contribution in [-0.2, 0) is 0 Å². The molecular formula is C13H16N4. The van der Waals surface area contributed by atoms with E-state index in [2.05, 4.69) is 26.3 Å². The monoisotopic (exact) mass is 228 g/mol. The number of rotatable bonds is 3. The summed E-state index contributed by atoms with van der Waals surface area (Å²) in [5.41, 5.74) is 3.06. The van der Waals surface area contributed by atoms with Crippen molar-refractivity contribution >= 4 is 5.82 Å². The number of hydrogen-bond donors (Lipinski definition) is 1. The first-order valence-electron chi connectivity index (χ1n) is 5.70. The lowest BCUT2D eigenvalue weighted by Gasteiger charge is -2.07. The van der Waals surface area contributed by atoms with Crippen LogP contribution in [0.25, 0.3) is 11.3 Å². The summed E-state index contributed by atoms with van der Waals surface area (Å²) >= 11 is 0. The molecule has 0 saturated heterocycles. The minimum Gasteiger partial charge on any atom is -0.370 e. The maximum Gasteiger partial charge on any atom is 0.130 e. The summed E-state index contributed by atoms with van der Waals surface area (Å²) in [7, 11) is 0. The molecule has 17 heavy (non-hydrogen) atoms. The Hall–Kier alpha value is -1.97.